The third-order valence-electron chi connectivity index (χ3n) is 7.80. The van der Waals surface area contributed by atoms with Gasteiger partial charge in [-0.05, 0) is 54.7 Å². The van der Waals surface area contributed by atoms with Crippen LogP contribution in [0.3, 0.4) is 0 Å². The van der Waals surface area contributed by atoms with Gasteiger partial charge in [-0.1, -0.05) is 79.4 Å². The Balaban J connectivity index is 1.58. The first kappa shape index (κ1) is 24.4. The van der Waals surface area contributed by atoms with Crippen molar-refractivity contribution in [2.24, 2.45) is 5.10 Å². The molecule has 6 nitrogen and oxygen atoms in total. The number of nitrogens with one attached hydrogen (secondary N) is 1. The van der Waals surface area contributed by atoms with Crippen LogP contribution in [0.1, 0.15) is 48.8 Å². The summed E-state index contributed by atoms with van der Waals surface area (Å²) >= 11 is 6.03. The molecule has 6 rings (SSSR count). The number of ether oxygens (including phenoxy) is 1. The number of aromatic nitrogens is 2. The number of para-hydroxylation sites is 2. The fourth-order valence-corrected chi connectivity index (χ4v) is 6.16. The molecule has 0 atom stereocenters. The van der Waals surface area contributed by atoms with Crippen molar-refractivity contribution in [3.8, 4) is 22.7 Å². The number of anilines is 1. The first-order valence-electron chi connectivity index (χ1n) is 13.0. The Kier molecular flexibility index (Phi) is 6.50. The molecule has 192 valence electrons. The molecule has 0 bridgehead atoms. The molecule has 38 heavy (non-hydrogen) atoms. The van der Waals surface area contributed by atoms with Crippen molar-refractivity contribution in [1.82, 2.24) is 9.55 Å². The monoisotopic (exact) mass is 524 g/mol. The molecule has 1 saturated carbocycles. The molecule has 1 aromatic heterocycles. The standard InChI is InChI=1S/C31H29ClN4O2/c1-38-26-12-6-5-11-25(26)36-29(37)27-28(34-30(36)35-33-20-21-13-15-23(32)16-14-21)24-10-4-3-9-22(24)19-31(27)17-7-2-8-18-31/h3-6,9-16,20H,2,7-8,17-19H2,1H3,(H,34,35)/b33-20+. The predicted octanol–water partition coefficient (Wildman–Crippen LogP) is 6.77. The largest absolute Gasteiger partial charge is 0.495 e. The molecule has 0 aliphatic heterocycles. The SMILES string of the molecule is COc1ccccc1-n1c(N/N=C/c2ccc(Cl)cc2)nc2c(c1=O)C1(CCCCC1)Cc1ccccc1-2. The van der Waals surface area contributed by atoms with Gasteiger partial charge in [0.1, 0.15) is 5.75 Å². The molecule has 0 radical (unpaired) electrons. The first-order valence-corrected chi connectivity index (χ1v) is 13.4. The minimum absolute atomic E-state index is 0.0694. The first-order chi connectivity index (χ1) is 18.6. The highest BCUT2D eigenvalue weighted by Gasteiger charge is 2.43. The van der Waals surface area contributed by atoms with E-state index in [0.717, 1.165) is 54.5 Å². The number of hydrogen-bond donors (Lipinski definition) is 1. The minimum Gasteiger partial charge on any atom is -0.495 e. The Morgan fingerprint density at radius 1 is 1.00 bits per heavy atom. The molecule has 2 aliphatic carbocycles. The fraction of sp³-hybridized carbons (Fsp3) is 0.258. The van der Waals surface area contributed by atoms with E-state index in [1.165, 1.54) is 12.0 Å². The number of fused-ring (bicyclic) bond motifs is 4. The molecule has 1 N–H and O–H groups in total. The van der Waals surface area contributed by atoms with E-state index in [-0.39, 0.29) is 11.0 Å². The number of hydrazone groups is 1. The zero-order valence-corrected chi connectivity index (χ0v) is 22.0. The van der Waals surface area contributed by atoms with Gasteiger partial charge in [-0.3, -0.25) is 4.79 Å². The van der Waals surface area contributed by atoms with Crippen LogP contribution in [0.4, 0.5) is 5.95 Å². The van der Waals surface area contributed by atoms with Crippen molar-refractivity contribution in [1.29, 1.82) is 0 Å². The lowest BCUT2D eigenvalue weighted by molar-refractivity contribution is 0.284. The number of halogens is 1. The van der Waals surface area contributed by atoms with E-state index in [4.69, 9.17) is 21.3 Å². The Morgan fingerprint density at radius 3 is 2.53 bits per heavy atom. The third kappa shape index (κ3) is 4.29. The highest BCUT2D eigenvalue weighted by molar-refractivity contribution is 6.30. The van der Waals surface area contributed by atoms with Crippen LogP contribution in [0.15, 0.2) is 82.7 Å². The molecule has 0 saturated heterocycles. The van der Waals surface area contributed by atoms with Crippen LogP contribution in [0.5, 0.6) is 5.75 Å². The second-order valence-electron chi connectivity index (χ2n) is 10.1. The summed E-state index contributed by atoms with van der Waals surface area (Å²) in [7, 11) is 1.61. The minimum atomic E-state index is -0.221. The smallest absolute Gasteiger partial charge is 0.264 e. The quantitative estimate of drug-likeness (QED) is 0.231. The van der Waals surface area contributed by atoms with Crippen molar-refractivity contribution in [2.45, 2.75) is 43.9 Å². The average molecular weight is 525 g/mol. The van der Waals surface area contributed by atoms with Gasteiger partial charge in [0.15, 0.2) is 0 Å². The van der Waals surface area contributed by atoms with E-state index in [2.05, 4.69) is 28.7 Å². The Labute approximate surface area is 227 Å². The third-order valence-corrected chi connectivity index (χ3v) is 8.05. The van der Waals surface area contributed by atoms with Crippen LogP contribution >= 0.6 is 11.6 Å². The molecule has 2 aliphatic rings. The molecule has 0 unspecified atom stereocenters. The van der Waals surface area contributed by atoms with Crippen LogP contribution in [0.2, 0.25) is 5.02 Å². The van der Waals surface area contributed by atoms with E-state index < -0.39 is 0 Å². The topological polar surface area (TPSA) is 68.5 Å². The Morgan fingerprint density at radius 2 is 1.74 bits per heavy atom. The summed E-state index contributed by atoms with van der Waals surface area (Å²) in [6.07, 6.45) is 7.94. The zero-order chi connectivity index (χ0) is 26.1. The van der Waals surface area contributed by atoms with Gasteiger partial charge in [0.05, 0.1) is 30.3 Å². The average Bonchev–Trinajstić information content (AvgIpc) is 2.94. The summed E-state index contributed by atoms with van der Waals surface area (Å²) in [4.78, 5) is 19.7. The molecule has 1 heterocycles. The molecule has 0 amide bonds. The van der Waals surface area contributed by atoms with Crippen molar-refractivity contribution in [3.05, 3.63) is 105 Å². The van der Waals surface area contributed by atoms with Gasteiger partial charge in [-0.25, -0.2) is 15.0 Å². The van der Waals surface area contributed by atoms with Crippen LogP contribution in [-0.4, -0.2) is 22.9 Å². The molecular weight excluding hydrogens is 496 g/mol. The molecule has 3 aromatic carbocycles. The zero-order valence-electron chi connectivity index (χ0n) is 21.3. The van der Waals surface area contributed by atoms with Gasteiger partial charge in [0.25, 0.3) is 5.56 Å². The van der Waals surface area contributed by atoms with Crippen LogP contribution in [0.25, 0.3) is 16.9 Å². The van der Waals surface area contributed by atoms with E-state index in [1.807, 2.05) is 54.6 Å². The summed E-state index contributed by atoms with van der Waals surface area (Å²) in [6.45, 7) is 0. The maximum Gasteiger partial charge on any atom is 0.264 e. The van der Waals surface area contributed by atoms with Gasteiger partial charge in [-0.15, -0.1) is 0 Å². The summed E-state index contributed by atoms with van der Waals surface area (Å²) in [6, 6.07) is 23.2. The molecule has 4 aromatic rings. The second kappa shape index (κ2) is 10.1. The highest BCUT2D eigenvalue weighted by atomic mass is 35.5. The number of benzene rings is 3. The van der Waals surface area contributed by atoms with Gasteiger partial charge in [0.2, 0.25) is 5.95 Å². The number of nitrogens with zero attached hydrogens (tertiary/aromatic N) is 3. The lowest BCUT2D eigenvalue weighted by Gasteiger charge is -2.42. The molecule has 1 spiro atoms. The van der Waals surface area contributed by atoms with Crippen molar-refractivity contribution in [2.75, 3.05) is 12.5 Å². The van der Waals surface area contributed by atoms with E-state index >= 15 is 0 Å². The summed E-state index contributed by atoms with van der Waals surface area (Å²) in [5.41, 5.74) is 8.13. The summed E-state index contributed by atoms with van der Waals surface area (Å²) in [5.74, 6) is 0.932. The maximum absolute atomic E-state index is 14.6. The second-order valence-corrected chi connectivity index (χ2v) is 10.5. The molecular formula is C31H29ClN4O2. The summed E-state index contributed by atoms with van der Waals surface area (Å²) in [5, 5.41) is 5.11. The predicted molar refractivity (Wildman–Crippen MR) is 153 cm³/mol. The van der Waals surface area contributed by atoms with Gasteiger partial charge < -0.3 is 4.74 Å². The Bertz CT molecular complexity index is 1570. The molecule has 7 heteroatoms. The Hall–Kier alpha value is -3.90. The van der Waals surface area contributed by atoms with Crippen LogP contribution in [0, 0.1) is 0 Å². The van der Waals surface area contributed by atoms with E-state index in [9.17, 15) is 4.79 Å². The van der Waals surface area contributed by atoms with Gasteiger partial charge in [0, 0.05) is 16.0 Å². The fourth-order valence-electron chi connectivity index (χ4n) is 6.03. The normalized spacial score (nSPS) is 15.7. The lowest BCUT2D eigenvalue weighted by atomic mass is 9.62. The van der Waals surface area contributed by atoms with Gasteiger partial charge in [-0.2, -0.15) is 5.10 Å². The summed E-state index contributed by atoms with van der Waals surface area (Å²) < 4.78 is 7.29. The van der Waals surface area contributed by atoms with E-state index in [0.29, 0.717) is 22.4 Å². The van der Waals surface area contributed by atoms with Crippen LogP contribution < -0.4 is 15.7 Å². The van der Waals surface area contributed by atoms with Crippen molar-refractivity contribution < 1.29 is 4.74 Å². The lowest BCUT2D eigenvalue weighted by Crippen LogP contribution is -2.43. The van der Waals surface area contributed by atoms with Crippen LogP contribution in [-0.2, 0) is 11.8 Å². The van der Waals surface area contributed by atoms with Crippen molar-refractivity contribution >= 4 is 23.8 Å². The number of methoxy groups -OCH3 is 1. The number of hydrogen-bond acceptors (Lipinski definition) is 5. The molecule has 1 fully saturated rings. The highest BCUT2D eigenvalue weighted by Crippen LogP contribution is 2.49. The van der Waals surface area contributed by atoms with Crippen molar-refractivity contribution in [3.63, 3.8) is 0 Å². The number of rotatable bonds is 5. The maximum atomic E-state index is 14.6. The van der Waals surface area contributed by atoms with Gasteiger partial charge >= 0.3 is 0 Å². The van der Waals surface area contributed by atoms with E-state index in [1.54, 1.807) is 17.9 Å².